The third kappa shape index (κ3) is 8.68. The van der Waals surface area contributed by atoms with Gasteiger partial charge in [0.15, 0.2) is 0 Å². The number of carboxylic acid groups (broad SMARTS) is 1. The number of carbonyl (C=O) groups is 1. The predicted octanol–water partition coefficient (Wildman–Crippen LogP) is 1.93. The monoisotopic (exact) mass is 232 g/mol. The minimum Gasteiger partial charge on any atom is -0.481 e. The zero-order valence-corrected chi connectivity index (χ0v) is 10.1. The summed E-state index contributed by atoms with van der Waals surface area (Å²) in [6.45, 7) is 1.85. The summed E-state index contributed by atoms with van der Waals surface area (Å²) < 4.78 is 0. The molecule has 2 atom stereocenters. The number of aliphatic carboxylic acids is 1. The van der Waals surface area contributed by atoms with Gasteiger partial charge in [0.1, 0.15) is 0 Å². The molecule has 2 unspecified atom stereocenters. The molecule has 4 heteroatoms. The smallest absolute Gasteiger partial charge is 0.303 e. The van der Waals surface area contributed by atoms with Crippen molar-refractivity contribution in [1.82, 2.24) is 0 Å². The Morgan fingerprint density at radius 2 is 1.56 bits per heavy atom. The summed E-state index contributed by atoms with van der Waals surface area (Å²) in [5, 5.41) is 27.2. The highest BCUT2D eigenvalue weighted by molar-refractivity contribution is 5.66. The van der Waals surface area contributed by atoms with E-state index in [9.17, 15) is 15.0 Å². The molecule has 0 aromatic rings. The molecule has 0 aliphatic carbocycles. The molecule has 0 spiro atoms. The average Bonchev–Trinajstić information content (AvgIpc) is 2.25. The molecule has 0 heterocycles. The number of unbranched alkanes of at least 4 members (excludes halogenated alkanes) is 4. The molecule has 0 aliphatic heterocycles. The molecule has 0 aromatic heterocycles. The summed E-state index contributed by atoms with van der Waals surface area (Å²) in [4.78, 5) is 10.2. The van der Waals surface area contributed by atoms with Crippen LogP contribution in [0, 0.1) is 0 Å². The Balaban J connectivity index is 3.23. The molecule has 4 nitrogen and oxygen atoms in total. The van der Waals surface area contributed by atoms with Gasteiger partial charge in [0, 0.05) is 6.42 Å². The molecule has 0 saturated carbocycles. The molecule has 0 aliphatic rings. The fourth-order valence-corrected chi connectivity index (χ4v) is 1.62. The van der Waals surface area contributed by atoms with Gasteiger partial charge in [-0.05, 0) is 19.3 Å². The Bertz CT molecular complexity index is 182. The molecule has 0 bridgehead atoms. The lowest BCUT2D eigenvalue weighted by Crippen LogP contribution is -2.24. The van der Waals surface area contributed by atoms with Gasteiger partial charge in [-0.2, -0.15) is 0 Å². The zero-order chi connectivity index (χ0) is 12.4. The summed E-state index contributed by atoms with van der Waals surface area (Å²) in [6.07, 6.45) is 4.80. The summed E-state index contributed by atoms with van der Waals surface area (Å²) in [5.74, 6) is -0.735. The van der Waals surface area contributed by atoms with Crippen LogP contribution >= 0.6 is 0 Å². The van der Waals surface area contributed by atoms with E-state index in [2.05, 4.69) is 0 Å². The van der Waals surface area contributed by atoms with E-state index in [0.29, 0.717) is 12.8 Å². The van der Waals surface area contributed by atoms with Crippen molar-refractivity contribution in [3.05, 3.63) is 0 Å². The highest BCUT2D eigenvalue weighted by Gasteiger charge is 2.12. The lowest BCUT2D eigenvalue weighted by atomic mass is 10.0. The summed E-state index contributed by atoms with van der Waals surface area (Å²) in [7, 11) is 0. The topological polar surface area (TPSA) is 77.8 Å². The van der Waals surface area contributed by atoms with E-state index < -0.39 is 18.2 Å². The molecular weight excluding hydrogens is 208 g/mol. The highest BCUT2D eigenvalue weighted by Crippen LogP contribution is 2.11. The molecule has 0 rings (SSSR count). The first-order chi connectivity index (χ1) is 7.57. The first-order valence-electron chi connectivity index (χ1n) is 6.15. The van der Waals surface area contributed by atoms with E-state index >= 15 is 0 Å². The van der Waals surface area contributed by atoms with Crippen molar-refractivity contribution in [2.45, 2.75) is 70.5 Å². The van der Waals surface area contributed by atoms with Gasteiger partial charge in [-0.15, -0.1) is 0 Å². The molecule has 3 N–H and O–H groups in total. The zero-order valence-electron chi connectivity index (χ0n) is 10.1. The SMILES string of the molecule is CCC(O)C(O)CCCCCCCC(=O)O. The first kappa shape index (κ1) is 15.4. The predicted molar refractivity (Wildman–Crippen MR) is 62.3 cm³/mol. The van der Waals surface area contributed by atoms with Gasteiger partial charge >= 0.3 is 5.97 Å². The normalized spacial score (nSPS) is 14.7. The Labute approximate surface area is 97.3 Å². The van der Waals surface area contributed by atoms with Gasteiger partial charge in [0.25, 0.3) is 0 Å². The number of rotatable bonds is 10. The summed E-state index contributed by atoms with van der Waals surface area (Å²) >= 11 is 0. The fraction of sp³-hybridized carbons (Fsp3) is 0.917. The van der Waals surface area contributed by atoms with E-state index in [1.165, 1.54) is 0 Å². The second kappa shape index (κ2) is 9.60. The lowest BCUT2D eigenvalue weighted by Gasteiger charge is -2.15. The maximum Gasteiger partial charge on any atom is 0.303 e. The van der Waals surface area contributed by atoms with Crippen LogP contribution < -0.4 is 0 Å². The van der Waals surface area contributed by atoms with Crippen LogP contribution in [0.1, 0.15) is 58.3 Å². The van der Waals surface area contributed by atoms with Gasteiger partial charge in [0.2, 0.25) is 0 Å². The van der Waals surface area contributed by atoms with Gasteiger partial charge in [0.05, 0.1) is 12.2 Å². The third-order valence-corrected chi connectivity index (χ3v) is 2.75. The van der Waals surface area contributed by atoms with E-state index in [-0.39, 0.29) is 6.42 Å². The van der Waals surface area contributed by atoms with E-state index in [4.69, 9.17) is 5.11 Å². The van der Waals surface area contributed by atoms with Crippen LogP contribution in [0.3, 0.4) is 0 Å². The van der Waals surface area contributed by atoms with Crippen molar-refractivity contribution in [3.63, 3.8) is 0 Å². The number of hydrogen-bond acceptors (Lipinski definition) is 3. The highest BCUT2D eigenvalue weighted by atomic mass is 16.4. The summed E-state index contributed by atoms with van der Waals surface area (Å²) in [6, 6.07) is 0. The Morgan fingerprint density at radius 3 is 2.12 bits per heavy atom. The van der Waals surface area contributed by atoms with Gasteiger partial charge in [-0.25, -0.2) is 0 Å². The Hall–Kier alpha value is -0.610. The molecule has 0 amide bonds. The van der Waals surface area contributed by atoms with Gasteiger partial charge in [-0.1, -0.05) is 32.6 Å². The van der Waals surface area contributed by atoms with Crippen molar-refractivity contribution >= 4 is 5.97 Å². The largest absolute Gasteiger partial charge is 0.481 e. The van der Waals surface area contributed by atoms with Crippen molar-refractivity contribution in [2.24, 2.45) is 0 Å². The van der Waals surface area contributed by atoms with Crippen LogP contribution in [0.15, 0.2) is 0 Å². The van der Waals surface area contributed by atoms with Crippen LogP contribution in [0.4, 0.5) is 0 Å². The number of hydrogen-bond donors (Lipinski definition) is 3. The minimum atomic E-state index is -0.735. The molecule has 0 radical (unpaired) electrons. The van der Waals surface area contributed by atoms with Crippen LogP contribution in [0.25, 0.3) is 0 Å². The Kier molecular flexibility index (Phi) is 9.24. The van der Waals surface area contributed by atoms with Gasteiger partial charge < -0.3 is 15.3 Å². The maximum atomic E-state index is 10.2. The molecule has 96 valence electrons. The number of aliphatic hydroxyl groups excluding tert-OH is 2. The van der Waals surface area contributed by atoms with E-state index in [1.54, 1.807) is 0 Å². The number of carboxylic acids is 1. The molecule has 16 heavy (non-hydrogen) atoms. The second-order valence-electron chi connectivity index (χ2n) is 4.24. The molecule has 0 aromatic carbocycles. The third-order valence-electron chi connectivity index (χ3n) is 2.75. The van der Waals surface area contributed by atoms with Crippen molar-refractivity contribution in [3.8, 4) is 0 Å². The fourth-order valence-electron chi connectivity index (χ4n) is 1.62. The summed E-state index contributed by atoms with van der Waals surface area (Å²) in [5.41, 5.74) is 0. The van der Waals surface area contributed by atoms with Crippen LogP contribution in [-0.4, -0.2) is 33.5 Å². The van der Waals surface area contributed by atoms with Crippen molar-refractivity contribution in [2.75, 3.05) is 0 Å². The first-order valence-corrected chi connectivity index (χ1v) is 6.15. The van der Waals surface area contributed by atoms with Crippen molar-refractivity contribution in [1.29, 1.82) is 0 Å². The second-order valence-corrected chi connectivity index (χ2v) is 4.24. The standard InChI is InChI=1S/C12H24O4/c1-2-10(13)11(14)8-6-4-3-5-7-9-12(15)16/h10-11,13-14H,2-9H2,1H3,(H,15,16). The van der Waals surface area contributed by atoms with Crippen LogP contribution in [0.2, 0.25) is 0 Å². The van der Waals surface area contributed by atoms with Crippen molar-refractivity contribution < 1.29 is 20.1 Å². The Morgan fingerprint density at radius 1 is 1.00 bits per heavy atom. The molecule has 0 fully saturated rings. The van der Waals surface area contributed by atoms with E-state index in [0.717, 1.165) is 32.1 Å². The van der Waals surface area contributed by atoms with E-state index in [1.807, 2.05) is 6.92 Å². The van der Waals surface area contributed by atoms with Gasteiger partial charge in [-0.3, -0.25) is 4.79 Å². The maximum absolute atomic E-state index is 10.2. The van der Waals surface area contributed by atoms with Crippen LogP contribution in [-0.2, 0) is 4.79 Å². The molecule has 0 saturated heterocycles. The quantitative estimate of drug-likeness (QED) is 0.503. The van der Waals surface area contributed by atoms with Crippen LogP contribution in [0.5, 0.6) is 0 Å². The lowest BCUT2D eigenvalue weighted by molar-refractivity contribution is -0.137. The number of aliphatic hydroxyl groups is 2. The minimum absolute atomic E-state index is 0.247. The molecular formula is C12H24O4. The average molecular weight is 232 g/mol.